The Labute approximate surface area is 243 Å². The highest BCUT2D eigenvalue weighted by Gasteiger charge is 2.58. The lowest BCUT2D eigenvalue weighted by Gasteiger charge is -2.35. The number of nitriles is 1. The molecular weight excluding hydrogens is 538 g/mol. The zero-order valence-electron chi connectivity index (χ0n) is 22.8. The topological polar surface area (TPSA) is 85.4 Å². The van der Waals surface area contributed by atoms with Crippen LogP contribution in [0.1, 0.15) is 55.6 Å². The van der Waals surface area contributed by atoms with Crippen LogP contribution in [0.5, 0.6) is 11.5 Å². The van der Waals surface area contributed by atoms with Gasteiger partial charge < -0.3 is 23.7 Å². The number of para-hydroxylation sites is 1. The highest BCUT2D eigenvalue weighted by molar-refractivity contribution is 6.30. The quantitative estimate of drug-likeness (QED) is 0.285. The van der Waals surface area contributed by atoms with E-state index in [0.717, 1.165) is 86.0 Å². The van der Waals surface area contributed by atoms with Crippen LogP contribution in [0, 0.1) is 16.7 Å². The fraction of sp³-hybridized carbons (Fsp3) is 0.406. The summed E-state index contributed by atoms with van der Waals surface area (Å²) in [7, 11) is 0. The summed E-state index contributed by atoms with van der Waals surface area (Å²) >= 11 is 6.06. The number of hydrogen-bond acceptors (Lipinski definition) is 7. The fourth-order valence-electron chi connectivity index (χ4n) is 6.87. The molecule has 2 aromatic carbocycles. The first-order valence-electron chi connectivity index (χ1n) is 14.3. The van der Waals surface area contributed by atoms with E-state index in [1.165, 1.54) is 0 Å². The van der Waals surface area contributed by atoms with Crippen molar-refractivity contribution in [2.24, 2.45) is 5.41 Å². The monoisotopic (exact) mass is 567 g/mol. The Morgan fingerprint density at radius 1 is 1.12 bits per heavy atom. The molecule has 9 heteroatoms. The highest BCUT2D eigenvalue weighted by Crippen LogP contribution is 2.65. The van der Waals surface area contributed by atoms with E-state index in [-0.39, 0.29) is 11.5 Å². The summed E-state index contributed by atoms with van der Waals surface area (Å²) in [6.07, 6.45) is 6.24. The van der Waals surface area contributed by atoms with Crippen LogP contribution in [-0.4, -0.2) is 40.3 Å². The van der Waals surface area contributed by atoms with E-state index in [2.05, 4.69) is 26.6 Å². The van der Waals surface area contributed by atoms with Crippen molar-refractivity contribution >= 4 is 28.3 Å². The third kappa shape index (κ3) is 4.05. The number of fused-ring (bicyclic) bond motifs is 2. The van der Waals surface area contributed by atoms with Crippen LogP contribution in [0.2, 0.25) is 5.02 Å². The normalized spacial score (nSPS) is 25.7. The zero-order valence-corrected chi connectivity index (χ0v) is 23.6. The molecule has 3 fully saturated rings. The summed E-state index contributed by atoms with van der Waals surface area (Å²) in [5, 5.41) is 10.1. The second kappa shape index (κ2) is 9.10. The molecule has 1 spiro atoms. The second-order valence-corrected chi connectivity index (χ2v) is 12.3. The molecule has 0 unspecified atom stereocenters. The van der Waals surface area contributed by atoms with Gasteiger partial charge in [-0.1, -0.05) is 17.7 Å². The maximum Gasteiger partial charge on any atom is 0.292 e. The Hall–Kier alpha value is -3.80. The summed E-state index contributed by atoms with van der Waals surface area (Å²) in [4.78, 5) is 12.0. The van der Waals surface area contributed by atoms with Gasteiger partial charge >= 0.3 is 0 Å². The first kappa shape index (κ1) is 25.0. The van der Waals surface area contributed by atoms with Crippen LogP contribution in [-0.2, 0) is 17.1 Å². The predicted molar refractivity (Wildman–Crippen MR) is 154 cm³/mol. The molecule has 4 aliphatic rings. The minimum Gasteiger partial charge on any atom is -0.443 e. The largest absolute Gasteiger partial charge is 0.443 e. The van der Waals surface area contributed by atoms with Crippen molar-refractivity contribution < 1.29 is 14.2 Å². The lowest BCUT2D eigenvalue weighted by atomic mass is 9.90. The van der Waals surface area contributed by atoms with Gasteiger partial charge in [0.05, 0.1) is 46.0 Å². The Bertz CT molecular complexity index is 1700. The lowest BCUT2D eigenvalue weighted by molar-refractivity contribution is -0.0716. The van der Waals surface area contributed by atoms with Crippen molar-refractivity contribution in [1.82, 2.24) is 14.5 Å². The van der Waals surface area contributed by atoms with Crippen molar-refractivity contribution in [3.8, 4) is 17.6 Å². The number of piperidine rings is 1. The number of hydrogen-bond donors (Lipinski definition) is 0. The van der Waals surface area contributed by atoms with Crippen molar-refractivity contribution in [3.63, 3.8) is 0 Å². The van der Waals surface area contributed by atoms with Gasteiger partial charge in [0.1, 0.15) is 11.5 Å². The van der Waals surface area contributed by atoms with Crippen LogP contribution in [0.25, 0.3) is 11.0 Å². The van der Waals surface area contributed by atoms with Gasteiger partial charge in [0.25, 0.3) is 5.79 Å². The lowest BCUT2D eigenvalue weighted by Crippen LogP contribution is -2.36. The Morgan fingerprint density at radius 3 is 2.71 bits per heavy atom. The van der Waals surface area contributed by atoms with Crippen molar-refractivity contribution in [2.75, 3.05) is 24.6 Å². The van der Waals surface area contributed by atoms with Gasteiger partial charge in [-0.25, -0.2) is 4.98 Å². The molecular formula is C32H30ClN5O3. The third-order valence-electron chi connectivity index (χ3n) is 9.44. The Kier molecular flexibility index (Phi) is 5.54. The Balaban J connectivity index is 1.02. The number of halogens is 1. The van der Waals surface area contributed by atoms with Crippen LogP contribution in [0.15, 0.2) is 54.7 Å². The van der Waals surface area contributed by atoms with E-state index >= 15 is 0 Å². The number of imidazole rings is 1. The molecule has 2 aromatic heterocycles. The minimum absolute atomic E-state index is 0.226. The van der Waals surface area contributed by atoms with Gasteiger partial charge in [-0.3, -0.25) is 4.98 Å². The van der Waals surface area contributed by atoms with Crippen molar-refractivity contribution in [2.45, 2.75) is 57.0 Å². The van der Waals surface area contributed by atoms with Crippen LogP contribution in [0.3, 0.4) is 0 Å². The van der Waals surface area contributed by atoms with Gasteiger partial charge in [-0.05, 0) is 73.6 Å². The molecule has 3 atom stereocenters. The van der Waals surface area contributed by atoms with Gasteiger partial charge in [-0.15, -0.1) is 0 Å². The standard InChI is InChI=1S/C32H30ClN5O3/c1-31(28-8-6-21(33)18-35-28)40-27-4-2-3-25(29(27)41-31)37-12-10-32(11-13-37)16-23(32)30-36-24-7-5-20(17-34)15-26(24)38(30)19-22-9-14-39-22/h2-8,15,18,22-23H,9-14,16,19H2,1H3/t22-,23+,31+/m1/s1. The number of ether oxygens (including phenoxy) is 3. The second-order valence-electron chi connectivity index (χ2n) is 11.9. The molecule has 4 aromatic rings. The predicted octanol–water partition coefficient (Wildman–Crippen LogP) is 6.16. The van der Waals surface area contributed by atoms with Crippen molar-refractivity contribution in [3.05, 3.63) is 76.8 Å². The van der Waals surface area contributed by atoms with Crippen molar-refractivity contribution in [1.29, 1.82) is 5.26 Å². The number of nitrogens with zero attached hydrogens (tertiary/aromatic N) is 5. The molecule has 0 amide bonds. The Morgan fingerprint density at radius 2 is 1.98 bits per heavy atom. The SMILES string of the molecule is C[C@]1(c2ccc(Cl)cn2)Oc2cccc(N3CCC4(CC3)C[C@H]4c3nc4ccc(C#N)cc4n3C[C@H]3CCO3)c2O1. The van der Waals surface area contributed by atoms with E-state index in [9.17, 15) is 5.26 Å². The van der Waals surface area contributed by atoms with Gasteiger partial charge in [0.15, 0.2) is 11.5 Å². The molecule has 2 saturated heterocycles. The summed E-state index contributed by atoms with van der Waals surface area (Å²) in [5.41, 5.74) is 4.68. The van der Waals surface area contributed by atoms with Crippen LogP contribution in [0.4, 0.5) is 5.69 Å². The van der Waals surface area contributed by atoms with Crippen LogP contribution >= 0.6 is 11.6 Å². The molecule has 41 heavy (non-hydrogen) atoms. The molecule has 8 nitrogen and oxygen atoms in total. The number of aromatic nitrogens is 3. The van der Waals surface area contributed by atoms with E-state index in [0.29, 0.717) is 22.2 Å². The smallest absolute Gasteiger partial charge is 0.292 e. The van der Waals surface area contributed by atoms with Gasteiger partial charge in [0, 0.05) is 38.7 Å². The van der Waals surface area contributed by atoms with E-state index in [1.807, 2.05) is 43.3 Å². The maximum absolute atomic E-state index is 9.49. The molecule has 5 heterocycles. The molecule has 3 aliphatic heterocycles. The molecule has 0 N–H and O–H groups in total. The molecule has 8 rings (SSSR count). The average molecular weight is 568 g/mol. The van der Waals surface area contributed by atoms with E-state index in [4.69, 9.17) is 30.8 Å². The summed E-state index contributed by atoms with van der Waals surface area (Å²) in [5.74, 6) is 2.07. The first-order valence-corrected chi connectivity index (χ1v) is 14.7. The summed E-state index contributed by atoms with van der Waals surface area (Å²) in [6.45, 7) is 5.40. The maximum atomic E-state index is 9.49. The number of pyridine rings is 1. The summed E-state index contributed by atoms with van der Waals surface area (Å²) in [6, 6.07) is 17.9. The minimum atomic E-state index is -1.00. The number of benzene rings is 2. The van der Waals surface area contributed by atoms with E-state index in [1.54, 1.807) is 12.3 Å². The molecule has 1 saturated carbocycles. The van der Waals surface area contributed by atoms with E-state index < -0.39 is 5.79 Å². The number of anilines is 1. The molecule has 1 aliphatic carbocycles. The number of rotatable bonds is 5. The van der Waals surface area contributed by atoms with Gasteiger partial charge in [-0.2, -0.15) is 5.26 Å². The summed E-state index contributed by atoms with van der Waals surface area (Å²) < 4.78 is 20.9. The first-order chi connectivity index (χ1) is 19.9. The highest BCUT2D eigenvalue weighted by atomic mass is 35.5. The molecule has 0 bridgehead atoms. The fourth-order valence-corrected chi connectivity index (χ4v) is 6.98. The zero-order chi connectivity index (χ0) is 27.8. The molecule has 208 valence electrons. The van der Waals surface area contributed by atoms with Crippen LogP contribution < -0.4 is 14.4 Å². The third-order valence-corrected chi connectivity index (χ3v) is 9.66. The molecule has 0 radical (unpaired) electrons. The van der Waals surface area contributed by atoms with Gasteiger partial charge in [0.2, 0.25) is 0 Å². The average Bonchev–Trinajstić information content (AvgIpc) is 3.34.